The largest absolute Gasteiger partial charge is 0.493 e. The maximum absolute atomic E-state index is 12.7. The average Bonchev–Trinajstić information content (AvgIpc) is 3.14. The third-order valence-corrected chi connectivity index (χ3v) is 5.29. The number of rotatable bonds is 7. The number of para-hydroxylation sites is 2. The third-order valence-electron chi connectivity index (χ3n) is 5.05. The number of fused-ring (bicyclic) bond motifs is 1. The molecule has 0 unspecified atom stereocenters. The lowest BCUT2D eigenvalue weighted by molar-refractivity contribution is -0.385. The number of aromatic nitrogens is 2. The van der Waals surface area contributed by atoms with Crippen LogP contribution in [0.1, 0.15) is 16.2 Å². The number of nitro benzene ring substituents is 1. The number of benzene rings is 3. The number of nitrogens with zero attached hydrogens (tertiary/aromatic N) is 3. The summed E-state index contributed by atoms with van der Waals surface area (Å²) in [6, 6.07) is 16.4. The highest BCUT2D eigenvalue weighted by Gasteiger charge is 2.19. The molecule has 1 heterocycles. The second kappa shape index (κ2) is 9.17. The summed E-state index contributed by atoms with van der Waals surface area (Å²) in [4.78, 5) is 28.0. The Balaban J connectivity index is 1.52. The molecule has 4 aromatic rings. The highest BCUT2D eigenvalue weighted by atomic mass is 35.5. The summed E-state index contributed by atoms with van der Waals surface area (Å²) < 4.78 is 13.0. The number of amides is 1. The standard InChI is InChI=1S/C23H19ClN4O5/c1-27-17-6-4-3-5-16(17)26-22(27)13-25-23(29)14-7-9-20(21(11-14)32-2)33-19-10-8-15(24)12-18(19)28(30)31/h3-12H,13H2,1-2H3,(H,25,29). The van der Waals surface area contributed by atoms with E-state index in [0.29, 0.717) is 11.4 Å². The third kappa shape index (κ3) is 4.58. The molecule has 10 heteroatoms. The topological polar surface area (TPSA) is 109 Å². The molecular formula is C23H19ClN4O5. The molecule has 9 nitrogen and oxygen atoms in total. The van der Waals surface area contributed by atoms with Crippen LogP contribution in [-0.2, 0) is 13.6 Å². The van der Waals surface area contributed by atoms with Gasteiger partial charge in [-0.25, -0.2) is 4.98 Å². The van der Waals surface area contributed by atoms with Crippen LogP contribution in [0.4, 0.5) is 5.69 Å². The molecule has 0 bridgehead atoms. The van der Waals surface area contributed by atoms with Crippen molar-refractivity contribution in [2.75, 3.05) is 7.11 Å². The highest BCUT2D eigenvalue weighted by Crippen LogP contribution is 2.37. The van der Waals surface area contributed by atoms with Gasteiger partial charge in [0.25, 0.3) is 5.91 Å². The van der Waals surface area contributed by atoms with Crippen LogP contribution in [0.5, 0.6) is 17.2 Å². The molecule has 0 aliphatic rings. The van der Waals surface area contributed by atoms with Gasteiger partial charge < -0.3 is 19.4 Å². The Morgan fingerprint density at radius 2 is 1.88 bits per heavy atom. The monoisotopic (exact) mass is 466 g/mol. The Kier molecular flexibility index (Phi) is 6.14. The van der Waals surface area contributed by atoms with E-state index in [1.54, 1.807) is 6.07 Å². The van der Waals surface area contributed by atoms with E-state index in [1.807, 2.05) is 35.9 Å². The fourth-order valence-corrected chi connectivity index (χ4v) is 3.51. The number of carbonyl (C=O) groups excluding carboxylic acids is 1. The molecule has 0 aliphatic carbocycles. The van der Waals surface area contributed by atoms with E-state index < -0.39 is 4.92 Å². The zero-order valence-electron chi connectivity index (χ0n) is 17.7. The Morgan fingerprint density at radius 3 is 2.61 bits per heavy atom. The summed E-state index contributed by atoms with van der Waals surface area (Å²) in [5, 5.41) is 14.4. The lowest BCUT2D eigenvalue weighted by Crippen LogP contribution is -2.24. The van der Waals surface area contributed by atoms with Gasteiger partial charge >= 0.3 is 5.69 Å². The van der Waals surface area contributed by atoms with Gasteiger partial charge in [-0.2, -0.15) is 0 Å². The van der Waals surface area contributed by atoms with Crippen molar-refractivity contribution in [3.05, 3.63) is 87.2 Å². The first-order valence-electron chi connectivity index (χ1n) is 9.85. The number of hydrogen-bond donors (Lipinski definition) is 1. The van der Waals surface area contributed by atoms with Gasteiger partial charge in [0.05, 0.1) is 29.6 Å². The fraction of sp³-hybridized carbons (Fsp3) is 0.130. The second-order valence-electron chi connectivity index (χ2n) is 7.10. The zero-order chi connectivity index (χ0) is 23.5. The van der Waals surface area contributed by atoms with E-state index >= 15 is 0 Å². The van der Waals surface area contributed by atoms with Crippen molar-refractivity contribution in [1.82, 2.24) is 14.9 Å². The highest BCUT2D eigenvalue weighted by molar-refractivity contribution is 6.30. The van der Waals surface area contributed by atoms with Crippen LogP contribution in [0.25, 0.3) is 11.0 Å². The van der Waals surface area contributed by atoms with Crippen molar-refractivity contribution in [3.63, 3.8) is 0 Å². The Labute approximate surface area is 193 Å². The van der Waals surface area contributed by atoms with Gasteiger partial charge in [-0.15, -0.1) is 0 Å². The molecule has 0 fully saturated rings. The number of aryl methyl sites for hydroxylation is 1. The maximum atomic E-state index is 12.7. The molecule has 1 N–H and O–H groups in total. The molecule has 1 aromatic heterocycles. The minimum Gasteiger partial charge on any atom is -0.493 e. The van der Waals surface area contributed by atoms with Gasteiger partial charge in [-0.1, -0.05) is 23.7 Å². The summed E-state index contributed by atoms with van der Waals surface area (Å²) in [7, 11) is 3.31. The molecule has 3 aromatic carbocycles. The Hall–Kier alpha value is -4.11. The molecule has 0 radical (unpaired) electrons. The molecule has 0 atom stereocenters. The quantitative estimate of drug-likeness (QED) is 0.307. The molecular weight excluding hydrogens is 448 g/mol. The first-order valence-corrected chi connectivity index (χ1v) is 10.2. The van der Waals surface area contributed by atoms with Gasteiger partial charge in [0.15, 0.2) is 11.5 Å². The molecule has 0 saturated heterocycles. The fourth-order valence-electron chi connectivity index (χ4n) is 3.35. The van der Waals surface area contributed by atoms with E-state index in [1.165, 1.54) is 37.4 Å². The average molecular weight is 467 g/mol. The number of carbonyl (C=O) groups is 1. The van der Waals surface area contributed by atoms with Crippen molar-refractivity contribution in [2.45, 2.75) is 6.54 Å². The lowest BCUT2D eigenvalue weighted by Gasteiger charge is -2.12. The van der Waals surface area contributed by atoms with Crippen LogP contribution in [0, 0.1) is 10.1 Å². The van der Waals surface area contributed by atoms with Crippen LogP contribution >= 0.6 is 11.6 Å². The Morgan fingerprint density at radius 1 is 1.12 bits per heavy atom. The number of hydrogen-bond acceptors (Lipinski definition) is 6. The summed E-state index contributed by atoms with van der Waals surface area (Å²) in [5.41, 5.74) is 1.88. The summed E-state index contributed by atoms with van der Waals surface area (Å²) in [6.45, 7) is 0.238. The van der Waals surface area contributed by atoms with E-state index in [0.717, 1.165) is 11.0 Å². The van der Waals surface area contributed by atoms with Crippen LogP contribution in [0.3, 0.4) is 0 Å². The van der Waals surface area contributed by atoms with E-state index in [-0.39, 0.29) is 40.4 Å². The van der Waals surface area contributed by atoms with Crippen molar-refractivity contribution >= 4 is 34.2 Å². The predicted octanol–water partition coefficient (Wildman–Crippen LogP) is 4.87. The number of halogens is 1. The summed E-state index contributed by atoms with van der Waals surface area (Å²) in [5.74, 6) is 0.849. The van der Waals surface area contributed by atoms with Crippen molar-refractivity contribution in [3.8, 4) is 17.2 Å². The first kappa shape index (κ1) is 22.1. The number of methoxy groups -OCH3 is 1. The van der Waals surface area contributed by atoms with Gasteiger partial charge in [-0.05, 0) is 42.5 Å². The minimum atomic E-state index is -0.587. The van der Waals surface area contributed by atoms with Crippen LogP contribution in [0.2, 0.25) is 5.02 Å². The summed E-state index contributed by atoms with van der Waals surface area (Å²) in [6.07, 6.45) is 0. The second-order valence-corrected chi connectivity index (χ2v) is 7.53. The van der Waals surface area contributed by atoms with E-state index in [4.69, 9.17) is 21.1 Å². The molecule has 0 aliphatic heterocycles. The van der Waals surface area contributed by atoms with Gasteiger partial charge in [0.2, 0.25) is 5.75 Å². The predicted molar refractivity (Wildman–Crippen MR) is 123 cm³/mol. The van der Waals surface area contributed by atoms with Crippen LogP contribution in [0.15, 0.2) is 60.7 Å². The van der Waals surface area contributed by atoms with E-state index in [2.05, 4.69) is 10.3 Å². The van der Waals surface area contributed by atoms with Crippen molar-refractivity contribution < 1.29 is 19.2 Å². The van der Waals surface area contributed by atoms with Crippen molar-refractivity contribution in [1.29, 1.82) is 0 Å². The molecule has 168 valence electrons. The van der Waals surface area contributed by atoms with E-state index in [9.17, 15) is 14.9 Å². The van der Waals surface area contributed by atoms with Gasteiger partial charge in [-0.3, -0.25) is 14.9 Å². The lowest BCUT2D eigenvalue weighted by atomic mass is 10.2. The maximum Gasteiger partial charge on any atom is 0.313 e. The smallest absolute Gasteiger partial charge is 0.313 e. The van der Waals surface area contributed by atoms with Gasteiger partial charge in [0, 0.05) is 23.7 Å². The number of imidazole rings is 1. The number of nitrogens with one attached hydrogen (secondary N) is 1. The Bertz CT molecular complexity index is 1370. The molecule has 4 rings (SSSR count). The molecule has 0 spiro atoms. The van der Waals surface area contributed by atoms with Crippen LogP contribution < -0.4 is 14.8 Å². The first-order chi connectivity index (χ1) is 15.9. The molecule has 0 saturated carbocycles. The molecule has 1 amide bonds. The summed E-state index contributed by atoms with van der Waals surface area (Å²) >= 11 is 5.85. The number of nitro groups is 1. The zero-order valence-corrected chi connectivity index (χ0v) is 18.5. The van der Waals surface area contributed by atoms with Crippen molar-refractivity contribution in [2.24, 2.45) is 7.05 Å². The van der Waals surface area contributed by atoms with Gasteiger partial charge in [0.1, 0.15) is 5.82 Å². The SMILES string of the molecule is COc1cc(C(=O)NCc2nc3ccccc3n2C)ccc1Oc1ccc(Cl)cc1[N+](=O)[O-]. The minimum absolute atomic E-state index is 0.00162. The molecule has 33 heavy (non-hydrogen) atoms. The van der Waals surface area contributed by atoms with Crippen LogP contribution in [-0.4, -0.2) is 27.5 Å². The number of ether oxygens (including phenoxy) is 2. The normalized spacial score (nSPS) is 10.8.